The van der Waals surface area contributed by atoms with Gasteiger partial charge in [0.25, 0.3) is 0 Å². The Morgan fingerprint density at radius 3 is 2.72 bits per heavy atom. The molecule has 0 bridgehead atoms. The van der Waals surface area contributed by atoms with Crippen molar-refractivity contribution in [3.8, 4) is 11.5 Å². The highest BCUT2D eigenvalue weighted by Crippen LogP contribution is 2.28. The fraction of sp³-hybridized carbons (Fsp3) is 0.182. The summed E-state index contributed by atoms with van der Waals surface area (Å²) >= 11 is 6.05. The van der Waals surface area contributed by atoms with Crippen LogP contribution in [-0.4, -0.2) is 19.6 Å². The topological polar surface area (TPSA) is 82.2 Å². The van der Waals surface area contributed by atoms with Crippen molar-refractivity contribution in [2.45, 2.75) is 13.8 Å². The van der Waals surface area contributed by atoms with E-state index in [1.165, 1.54) is 4.52 Å². The fourth-order valence-corrected chi connectivity index (χ4v) is 1.92. The van der Waals surface area contributed by atoms with E-state index in [1.807, 2.05) is 19.1 Å². The van der Waals surface area contributed by atoms with Crippen LogP contribution >= 0.6 is 11.6 Å². The Morgan fingerprint density at radius 2 is 2.06 bits per heavy atom. The van der Waals surface area contributed by atoms with Gasteiger partial charge in [0.15, 0.2) is 28.1 Å². The maximum absolute atomic E-state index is 6.05. The summed E-state index contributed by atoms with van der Waals surface area (Å²) in [6.45, 7) is 3.63. The molecule has 0 aliphatic heterocycles. The van der Waals surface area contributed by atoms with E-state index in [2.05, 4.69) is 15.1 Å². The SMILES string of the molecule is Cc1nc2c(-c3ccc(C)o3)nc(N)c(Cl)n2n1. The minimum atomic E-state index is 0.193. The van der Waals surface area contributed by atoms with E-state index in [9.17, 15) is 0 Å². The number of hydrogen-bond donors (Lipinski definition) is 1. The van der Waals surface area contributed by atoms with Gasteiger partial charge < -0.3 is 10.2 Å². The number of halogens is 1. The van der Waals surface area contributed by atoms with Crippen LogP contribution in [0.15, 0.2) is 16.5 Å². The minimum absolute atomic E-state index is 0.193. The van der Waals surface area contributed by atoms with Gasteiger partial charge in [0.2, 0.25) is 0 Å². The summed E-state index contributed by atoms with van der Waals surface area (Å²) in [4.78, 5) is 8.52. The third kappa shape index (κ3) is 1.53. The second-order valence-electron chi connectivity index (χ2n) is 3.94. The van der Waals surface area contributed by atoms with E-state index < -0.39 is 0 Å². The van der Waals surface area contributed by atoms with E-state index in [0.717, 1.165) is 5.76 Å². The third-order valence-electron chi connectivity index (χ3n) is 2.53. The van der Waals surface area contributed by atoms with E-state index in [1.54, 1.807) is 6.92 Å². The second kappa shape index (κ2) is 3.71. The zero-order chi connectivity index (χ0) is 12.9. The number of nitrogens with zero attached hydrogens (tertiary/aromatic N) is 4. The molecule has 6 nitrogen and oxygen atoms in total. The first kappa shape index (κ1) is 11.0. The summed E-state index contributed by atoms with van der Waals surface area (Å²) in [7, 11) is 0. The van der Waals surface area contributed by atoms with Gasteiger partial charge in [0, 0.05) is 0 Å². The standard InChI is InChI=1S/C11H10ClN5O/c1-5-3-4-7(18-5)8-11-14-6(2)16-17(11)9(12)10(13)15-8/h3-4H,13H2,1-2H3. The Hall–Kier alpha value is -2.08. The zero-order valence-electron chi connectivity index (χ0n) is 9.81. The number of fused-ring (bicyclic) bond motifs is 1. The average molecular weight is 264 g/mol. The predicted octanol–water partition coefficient (Wildman–Crippen LogP) is 2.24. The molecule has 0 aliphatic carbocycles. The molecule has 0 fully saturated rings. The van der Waals surface area contributed by atoms with Gasteiger partial charge in [-0.2, -0.15) is 4.52 Å². The number of aromatic nitrogens is 4. The van der Waals surface area contributed by atoms with Gasteiger partial charge in [-0.05, 0) is 26.0 Å². The lowest BCUT2D eigenvalue weighted by Gasteiger charge is -2.03. The maximum atomic E-state index is 6.05. The number of furan rings is 1. The molecule has 0 aliphatic rings. The van der Waals surface area contributed by atoms with Gasteiger partial charge in [-0.1, -0.05) is 11.6 Å². The highest BCUT2D eigenvalue weighted by Gasteiger charge is 2.17. The van der Waals surface area contributed by atoms with Crippen LogP contribution in [0.4, 0.5) is 5.82 Å². The van der Waals surface area contributed by atoms with Gasteiger partial charge >= 0.3 is 0 Å². The first-order valence-corrected chi connectivity index (χ1v) is 5.69. The quantitative estimate of drug-likeness (QED) is 0.728. The molecule has 0 atom stereocenters. The molecule has 0 spiro atoms. The van der Waals surface area contributed by atoms with Crippen LogP contribution in [0.2, 0.25) is 5.15 Å². The zero-order valence-corrected chi connectivity index (χ0v) is 10.6. The van der Waals surface area contributed by atoms with E-state index in [0.29, 0.717) is 22.9 Å². The van der Waals surface area contributed by atoms with Crippen LogP contribution in [0.25, 0.3) is 17.1 Å². The van der Waals surface area contributed by atoms with Crippen molar-refractivity contribution in [3.63, 3.8) is 0 Å². The van der Waals surface area contributed by atoms with Crippen LogP contribution in [0.3, 0.4) is 0 Å². The summed E-state index contributed by atoms with van der Waals surface area (Å²) < 4.78 is 7.00. The normalized spacial score (nSPS) is 11.3. The lowest BCUT2D eigenvalue weighted by molar-refractivity contribution is 0.546. The van der Waals surface area contributed by atoms with Crippen molar-refractivity contribution in [3.05, 3.63) is 28.9 Å². The van der Waals surface area contributed by atoms with Crippen LogP contribution < -0.4 is 5.73 Å². The largest absolute Gasteiger partial charge is 0.460 e. The molecule has 0 radical (unpaired) electrons. The van der Waals surface area contributed by atoms with Crippen LogP contribution in [0.5, 0.6) is 0 Å². The molecular weight excluding hydrogens is 254 g/mol. The maximum Gasteiger partial charge on any atom is 0.187 e. The van der Waals surface area contributed by atoms with E-state index >= 15 is 0 Å². The molecule has 0 saturated carbocycles. The van der Waals surface area contributed by atoms with Gasteiger partial charge in [-0.3, -0.25) is 0 Å². The number of aryl methyl sites for hydroxylation is 2. The first-order valence-electron chi connectivity index (χ1n) is 5.31. The fourth-order valence-electron chi connectivity index (χ4n) is 1.76. The van der Waals surface area contributed by atoms with Gasteiger partial charge in [0.1, 0.15) is 11.6 Å². The molecule has 0 saturated heterocycles. The van der Waals surface area contributed by atoms with E-state index in [-0.39, 0.29) is 11.0 Å². The van der Waals surface area contributed by atoms with Gasteiger partial charge in [-0.25, -0.2) is 9.97 Å². The summed E-state index contributed by atoms with van der Waals surface area (Å²) in [5, 5.41) is 4.43. The minimum Gasteiger partial charge on any atom is -0.460 e. The summed E-state index contributed by atoms with van der Waals surface area (Å²) in [6, 6.07) is 3.66. The molecule has 3 aromatic rings. The van der Waals surface area contributed by atoms with Crippen LogP contribution in [-0.2, 0) is 0 Å². The van der Waals surface area contributed by atoms with Crippen molar-refractivity contribution >= 4 is 23.1 Å². The third-order valence-corrected chi connectivity index (χ3v) is 2.88. The summed E-state index contributed by atoms with van der Waals surface area (Å²) in [5.41, 5.74) is 6.83. The summed E-state index contributed by atoms with van der Waals surface area (Å²) in [6.07, 6.45) is 0. The Morgan fingerprint density at radius 1 is 1.28 bits per heavy atom. The number of nitrogens with two attached hydrogens (primary N) is 1. The molecule has 3 aromatic heterocycles. The summed E-state index contributed by atoms with van der Waals surface area (Å²) in [5.74, 6) is 2.16. The smallest absolute Gasteiger partial charge is 0.187 e. The van der Waals surface area contributed by atoms with Crippen molar-refractivity contribution < 1.29 is 4.42 Å². The van der Waals surface area contributed by atoms with Gasteiger partial charge in [0.05, 0.1) is 0 Å². The first-order chi connectivity index (χ1) is 8.56. The Kier molecular flexibility index (Phi) is 2.27. The Labute approximate surface area is 107 Å². The molecule has 92 valence electrons. The molecular formula is C11H10ClN5O. The van der Waals surface area contributed by atoms with Gasteiger partial charge in [-0.15, -0.1) is 5.10 Å². The van der Waals surface area contributed by atoms with Crippen molar-refractivity contribution in [2.75, 3.05) is 5.73 Å². The lowest BCUT2D eigenvalue weighted by Crippen LogP contribution is -2.02. The lowest BCUT2D eigenvalue weighted by atomic mass is 10.3. The number of rotatable bonds is 1. The van der Waals surface area contributed by atoms with E-state index in [4.69, 9.17) is 21.8 Å². The Bertz CT molecular complexity index is 745. The van der Waals surface area contributed by atoms with Crippen molar-refractivity contribution in [2.24, 2.45) is 0 Å². The molecule has 7 heteroatoms. The molecule has 2 N–H and O–H groups in total. The molecule has 18 heavy (non-hydrogen) atoms. The highest BCUT2D eigenvalue weighted by molar-refractivity contribution is 6.32. The molecule has 3 heterocycles. The monoisotopic (exact) mass is 263 g/mol. The molecule has 0 amide bonds. The Balaban J connectivity index is 2.38. The molecule has 0 aromatic carbocycles. The molecule has 0 unspecified atom stereocenters. The predicted molar refractivity (Wildman–Crippen MR) is 67.4 cm³/mol. The highest BCUT2D eigenvalue weighted by atomic mass is 35.5. The molecule has 3 rings (SSSR count). The second-order valence-corrected chi connectivity index (χ2v) is 4.30. The number of nitrogen functional groups attached to an aromatic ring is 1. The number of hydrogen-bond acceptors (Lipinski definition) is 5. The van der Waals surface area contributed by atoms with Crippen LogP contribution in [0, 0.1) is 13.8 Å². The average Bonchev–Trinajstić information content (AvgIpc) is 2.90. The van der Waals surface area contributed by atoms with Crippen molar-refractivity contribution in [1.82, 2.24) is 19.6 Å². The number of anilines is 1. The van der Waals surface area contributed by atoms with Crippen LogP contribution in [0.1, 0.15) is 11.6 Å². The van der Waals surface area contributed by atoms with Crippen molar-refractivity contribution in [1.29, 1.82) is 0 Å².